The Kier molecular flexibility index (Phi) is 7.29. The molecule has 1 aromatic carbocycles. The van der Waals surface area contributed by atoms with Gasteiger partial charge < -0.3 is 10.0 Å². The predicted octanol–water partition coefficient (Wildman–Crippen LogP) is 3.49. The van der Waals surface area contributed by atoms with Gasteiger partial charge in [0, 0.05) is 18.1 Å². The molecular weight excluding hydrogens is 233 g/mol. The highest BCUT2D eigenvalue weighted by atomic mass is 35.5. The van der Waals surface area contributed by atoms with Crippen LogP contribution in [0.1, 0.15) is 13.8 Å². The largest absolute Gasteiger partial charge is 0.465 e. The third-order valence-electron chi connectivity index (χ3n) is 1.82. The molecule has 1 N–H and O–H groups in total. The minimum absolute atomic E-state index is 0.294. The molecule has 5 heteroatoms. The maximum Gasteiger partial charge on any atom is 0.407 e. The normalized spacial score (nSPS) is 9.00. The molecule has 1 aromatic rings. The van der Waals surface area contributed by atoms with Crippen molar-refractivity contribution in [3.8, 4) is 0 Å². The van der Waals surface area contributed by atoms with E-state index in [-0.39, 0.29) is 5.82 Å². The van der Waals surface area contributed by atoms with E-state index < -0.39 is 6.09 Å². The summed E-state index contributed by atoms with van der Waals surface area (Å²) < 4.78 is 12.1. The number of amides is 1. The van der Waals surface area contributed by atoms with Gasteiger partial charge >= 0.3 is 6.09 Å². The van der Waals surface area contributed by atoms with E-state index in [0.717, 1.165) is 0 Å². The van der Waals surface area contributed by atoms with E-state index in [0.29, 0.717) is 18.1 Å². The molecule has 0 fully saturated rings. The first-order valence-corrected chi connectivity index (χ1v) is 5.28. The zero-order valence-corrected chi connectivity index (χ0v) is 10.0. The first-order valence-electron chi connectivity index (χ1n) is 4.90. The molecule has 0 spiro atoms. The van der Waals surface area contributed by atoms with Crippen molar-refractivity contribution in [1.82, 2.24) is 4.90 Å². The molecule has 0 aliphatic heterocycles. The minimum Gasteiger partial charge on any atom is -0.465 e. The van der Waals surface area contributed by atoms with Gasteiger partial charge in [0.2, 0.25) is 0 Å². The first kappa shape index (κ1) is 14.7. The number of carbonyl (C=O) groups is 1. The van der Waals surface area contributed by atoms with Gasteiger partial charge in [0.25, 0.3) is 0 Å². The molecule has 0 radical (unpaired) electrons. The zero-order valence-electron chi connectivity index (χ0n) is 9.28. The second kappa shape index (κ2) is 7.93. The van der Waals surface area contributed by atoms with Crippen molar-refractivity contribution < 1.29 is 14.3 Å². The van der Waals surface area contributed by atoms with Crippen LogP contribution in [0.2, 0.25) is 5.02 Å². The lowest BCUT2D eigenvalue weighted by atomic mass is 10.4. The average Bonchev–Trinajstić information content (AvgIpc) is 2.19. The van der Waals surface area contributed by atoms with Crippen LogP contribution in [0.5, 0.6) is 0 Å². The van der Waals surface area contributed by atoms with E-state index in [1.54, 1.807) is 12.1 Å². The fraction of sp³-hybridized carbons (Fsp3) is 0.364. The minimum atomic E-state index is -0.838. The second-order valence-corrected chi connectivity index (χ2v) is 3.33. The Hall–Kier alpha value is -1.29. The van der Waals surface area contributed by atoms with Gasteiger partial charge in [-0.15, -0.1) is 0 Å². The lowest BCUT2D eigenvalue weighted by Crippen LogP contribution is -2.28. The molecule has 0 saturated heterocycles. The summed E-state index contributed by atoms with van der Waals surface area (Å²) in [7, 11) is 0. The smallest absolute Gasteiger partial charge is 0.407 e. The van der Waals surface area contributed by atoms with Gasteiger partial charge in [-0.1, -0.05) is 17.7 Å². The molecule has 0 aromatic heterocycles. The molecule has 1 rings (SSSR count). The highest BCUT2D eigenvalue weighted by molar-refractivity contribution is 6.30. The van der Waals surface area contributed by atoms with E-state index in [2.05, 4.69) is 0 Å². The monoisotopic (exact) mass is 247 g/mol. The molecule has 1 amide bonds. The molecule has 0 heterocycles. The fourth-order valence-electron chi connectivity index (χ4n) is 0.954. The van der Waals surface area contributed by atoms with Crippen molar-refractivity contribution in [3.05, 3.63) is 35.1 Å². The molecule has 0 saturated carbocycles. The summed E-state index contributed by atoms with van der Waals surface area (Å²) in [6.07, 6.45) is -0.838. The van der Waals surface area contributed by atoms with E-state index >= 15 is 0 Å². The Morgan fingerprint density at radius 3 is 2.19 bits per heavy atom. The van der Waals surface area contributed by atoms with Crippen LogP contribution in [0.3, 0.4) is 0 Å². The third kappa shape index (κ3) is 6.24. The van der Waals surface area contributed by atoms with Crippen LogP contribution >= 0.6 is 11.6 Å². The maximum absolute atomic E-state index is 12.1. The molecule has 0 atom stereocenters. The Bertz CT molecular complexity index is 312. The predicted molar refractivity (Wildman–Crippen MR) is 62.4 cm³/mol. The van der Waals surface area contributed by atoms with Crippen LogP contribution in [0.15, 0.2) is 24.3 Å². The van der Waals surface area contributed by atoms with Crippen molar-refractivity contribution >= 4 is 17.7 Å². The van der Waals surface area contributed by atoms with Gasteiger partial charge in [0.15, 0.2) is 0 Å². The summed E-state index contributed by atoms with van der Waals surface area (Å²) in [5.74, 6) is -0.294. The van der Waals surface area contributed by atoms with Crippen molar-refractivity contribution in [2.24, 2.45) is 0 Å². The van der Waals surface area contributed by atoms with Gasteiger partial charge in [-0.05, 0) is 32.0 Å². The third-order valence-corrected chi connectivity index (χ3v) is 2.06. The van der Waals surface area contributed by atoms with E-state index in [1.165, 1.54) is 17.0 Å². The average molecular weight is 248 g/mol. The van der Waals surface area contributed by atoms with Crippen LogP contribution in [-0.4, -0.2) is 29.2 Å². The first-order chi connectivity index (χ1) is 7.51. The number of carboxylic acid groups (broad SMARTS) is 1. The highest BCUT2D eigenvalue weighted by Gasteiger charge is 2.02. The summed E-state index contributed by atoms with van der Waals surface area (Å²) >= 11 is 5.40. The molecule has 0 bridgehead atoms. The van der Waals surface area contributed by atoms with Gasteiger partial charge in [-0.3, -0.25) is 0 Å². The van der Waals surface area contributed by atoms with Crippen LogP contribution in [0, 0.1) is 5.82 Å². The number of hydrogen-bond acceptors (Lipinski definition) is 1. The lowest BCUT2D eigenvalue weighted by Gasteiger charge is -2.12. The van der Waals surface area contributed by atoms with E-state index in [4.69, 9.17) is 16.7 Å². The Balaban J connectivity index is 0.000000281. The summed E-state index contributed by atoms with van der Waals surface area (Å²) in [6, 6.07) is 5.82. The standard InChI is InChI=1S/C6H4ClF.C5H11NO2/c7-5-2-1-3-6(8)4-5;1-3-6(4-2)5(7)8/h1-4H;3-4H2,1-2H3,(H,7,8). The number of benzene rings is 1. The topological polar surface area (TPSA) is 40.5 Å². The summed E-state index contributed by atoms with van der Waals surface area (Å²) in [6.45, 7) is 4.78. The number of nitrogens with zero attached hydrogens (tertiary/aromatic N) is 1. The lowest BCUT2D eigenvalue weighted by molar-refractivity contribution is 0.150. The molecule has 0 aliphatic carbocycles. The highest BCUT2D eigenvalue weighted by Crippen LogP contribution is 2.07. The summed E-state index contributed by atoms with van der Waals surface area (Å²) in [4.78, 5) is 11.4. The van der Waals surface area contributed by atoms with Crippen LogP contribution < -0.4 is 0 Å². The molecule has 0 aliphatic rings. The molecule has 3 nitrogen and oxygen atoms in total. The Morgan fingerprint density at radius 1 is 1.44 bits per heavy atom. The second-order valence-electron chi connectivity index (χ2n) is 2.89. The molecule has 90 valence electrons. The molecule has 0 unspecified atom stereocenters. The van der Waals surface area contributed by atoms with E-state index in [1.807, 2.05) is 13.8 Å². The van der Waals surface area contributed by atoms with Crippen molar-refractivity contribution in [2.45, 2.75) is 13.8 Å². The number of rotatable bonds is 2. The Labute approximate surface area is 99.4 Å². The molecular formula is C11H15ClFNO2. The quantitative estimate of drug-likeness (QED) is 0.869. The van der Waals surface area contributed by atoms with Gasteiger partial charge in [0.1, 0.15) is 5.82 Å². The van der Waals surface area contributed by atoms with Gasteiger partial charge in [0.05, 0.1) is 0 Å². The number of hydrogen-bond donors (Lipinski definition) is 1. The maximum atomic E-state index is 12.1. The fourth-order valence-corrected chi connectivity index (χ4v) is 1.13. The van der Waals surface area contributed by atoms with Crippen LogP contribution in [0.25, 0.3) is 0 Å². The van der Waals surface area contributed by atoms with Crippen LogP contribution in [0.4, 0.5) is 9.18 Å². The Morgan fingerprint density at radius 2 is 2.00 bits per heavy atom. The van der Waals surface area contributed by atoms with Gasteiger partial charge in [-0.2, -0.15) is 0 Å². The van der Waals surface area contributed by atoms with Crippen molar-refractivity contribution in [1.29, 1.82) is 0 Å². The van der Waals surface area contributed by atoms with Crippen molar-refractivity contribution in [3.63, 3.8) is 0 Å². The summed E-state index contributed by atoms with van der Waals surface area (Å²) in [5, 5.41) is 8.73. The molecule has 16 heavy (non-hydrogen) atoms. The SMILES string of the molecule is CCN(CC)C(=O)O.Fc1cccc(Cl)c1. The summed E-state index contributed by atoms with van der Waals surface area (Å²) in [5.41, 5.74) is 0. The van der Waals surface area contributed by atoms with Crippen molar-refractivity contribution in [2.75, 3.05) is 13.1 Å². The van der Waals surface area contributed by atoms with E-state index in [9.17, 15) is 9.18 Å². The number of halogens is 2. The van der Waals surface area contributed by atoms with Crippen LogP contribution in [-0.2, 0) is 0 Å². The zero-order chi connectivity index (χ0) is 12.6. The van der Waals surface area contributed by atoms with Gasteiger partial charge in [-0.25, -0.2) is 9.18 Å².